The zero-order chi connectivity index (χ0) is 14.4. The van der Waals surface area contributed by atoms with Gasteiger partial charge in [0.25, 0.3) is 0 Å². The summed E-state index contributed by atoms with van der Waals surface area (Å²) in [6, 6.07) is 5.71. The van der Waals surface area contributed by atoms with Gasteiger partial charge < -0.3 is 14.4 Å². The van der Waals surface area contributed by atoms with Crippen LogP contribution in [0, 0.1) is 0 Å². The number of methoxy groups -OCH3 is 2. The third-order valence-electron chi connectivity index (χ3n) is 2.86. The van der Waals surface area contributed by atoms with Gasteiger partial charge in [-0.05, 0) is 31.5 Å². The lowest BCUT2D eigenvalue weighted by molar-refractivity contribution is -0.130. The van der Waals surface area contributed by atoms with Gasteiger partial charge in [-0.2, -0.15) is 0 Å². The highest BCUT2D eigenvalue weighted by Crippen LogP contribution is 2.28. The van der Waals surface area contributed by atoms with Crippen LogP contribution >= 0.6 is 11.6 Å². The number of rotatable bonds is 6. The van der Waals surface area contributed by atoms with Crippen molar-refractivity contribution < 1.29 is 14.3 Å². The molecule has 0 saturated heterocycles. The molecule has 1 aromatic carbocycles. The van der Waals surface area contributed by atoms with Gasteiger partial charge >= 0.3 is 0 Å². The zero-order valence-corrected chi connectivity index (χ0v) is 12.5. The maximum Gasteiger partial charge on any atom is 0.238 e. The van der Waals surface area contributed by atoms with Crippen LogP contribution < -0.4 is 9.47 Å². The van der Waals surface area contributed by atoms with E-state index in [1.54, 1.807) is 19.1 Å². The van der Waals surface area contributed by atoms with E-state index in [-0.39, 0.29) is 17.8 Å². The summed E-state index contributed by atoms with van der Waals surface area (Å²) >= 11 is 5.63. The number of halogens is 1. The monoisotopic (exact) mass is 285 g/mol. The van der Waals surface area contributed by atoms with Crippen molar-refractivity contribution in [3.8, 4) is 11.5 Å². The molecule has 0 N–H and O–H groups in total. The molecular weight excluding hydrogens is 266 g/mol. The number of hydrogen-bond acceptors (Lipinski definition) is 3. The molecular formula is C14H20ClNO3. The Morgan fingerprint density at radius 1 is 1.26 bits per heavy atom. The maximum absolute atomic E-state index is 11.8. The van der Waals surface area contributed by atoms with Crippen LogP contribution in [0.3, 0.4) is 0 Å². The van der Waals surface area contributed by atoms with Gasteiger partial charge in [-0.1, -0.05) is 6.07 Å². The van der Waals surface area contributed by atoms with Crippen molar-refractivity contribution in [3.63, 3.8) is 0 Å². The molecule has 4 nitrogen and oxygen atoms in total. The molecule has 0 aliphatic carbocycles. The zero-order valence-electron chi connectivity index (χ0n) is 11.8. The Hall–Kier alpha value is -1.42. The first-order chi connectivity index (χ1) is 9.03. The highest BCUT2D eigenvalue weighted by Gasteiger charge is 2.17. The summed E-state index contributed by atoms with van der Waals surface area (Å²) in [7, 11) is 3.18. The van der Waals surface area contributed by atoms with Crippen LogP contribution in [0.2, 0.25) is 0 Å². The lowest BCUT2D eigenvalue weighted by Gasteiger charge is -2.26. The second-order valence-corrected chi connectivity index (χ2v) is 4.71. The summed E-state index contributed by atoms with van der Waals surface area (Å²) in [6.07, 6.45) is 0. The van der Waals surface area contributed by atoms with E-state index in [2.05, 4.69) is 0 Å². The molecule has 0 fully saturated rings. The van der Waals surface area contributed by atoms with Crippen LogP contribution in [0.5, 0.6) is 11.5 Å². The molecule has 0 aliphatic heterocycles. The molecule has 0 aromatic heterocycles. The third kappa shape index (κ3) is 4.03. The summed E-state index contributed by atoms with van der Waals surface area (Å²) in [4.78, 5) is 13.5. The summed E-state index contributed by atoms with van der Waals surface area (Å²) in [5, 5.41) is 0. The van der Waals surface area contributed by atoms with E-state index in [0.717, 1.165) is 5.56 Å². The molecule has 1 amide bonds. The van der Waals surface area contributed by atoms with Crippen LogP contribution in [-0.2, 0) is 11.3 Å². The molecule has 1 rings (SSSR count). The van der Waals surface area contributed by atoms with Gasteiger partial charge in [0, 0.05) is 12.6 Å². The normalized spacial score (nSPS) is 10.4. The predicted molar refractivity (Wildman–Crippen MR) is 76.0 cm³/mol. The molecule has 0 radical (unpaired) electrons. The second-order valence-electron chi connectivity index (χ2n) is 4.44. The average Bonchev–Trinajstić information content (AvgIpc) is 2.43. The van der Waals surface area contributed by atoms with E-state index >= 15 is 0 Å². The molecule has 0 heterocycles. The van der Waals surface area contributed by atoms with Crippen LogP contribution in [0.4, 0.5) is 0 Å². The minimum absolute atomic E-state index is 0.00846. The lowest BCUT2D eigenvalue weighted by Crippen LogP contribution is -2.37. The Bertz CT molecular complexity index is 435. The van der Waals surface area contributed by atoms with Crippen molar-refractivity contribution in [1.82, 2.24) is 4.90 Å². The molecule has 19 heavy (non-hydrogen) atoms. The van der Waals surface area contributed by atoms with Crippen molar-refractivity contribution in [2.45, 2.75) is 26.4 Å². The fourth-order valence-corrected chi connectivity index (χ4v) is 1.96. The Labute approximate surface area is 119 Å². The van der Waals surface area contributed by atoms with E-state index < -0.39 is 0 Å². The van der Waals surface area contributed by atoms with Crippen molar-refractivity contribution >= 4 is 17.5 Å². The van der Waals surface area contributed by atoms with Crippen molar-refractivity contribution in [2.75, 3.05) is 20.1 Å². The van der Waals surface area contributed by atoms with E-state index in [1.807, 2.05) is 32.0 Å². The van der Waals surface area contributed by atoms with Gasteiger partial charge in [-0.3, -0.25) is 4.79 Å². The quantitative estimate of drug-likeness (QED) is 0.754. The van der Waals surface area contributed by atoms with Gasteiger partial charge in [-0.15, -0.1) is 11.6 Å². The standard InChI is InChI=1S/C14H20ClNO3/c1-10(2)16(14(17)8-15)9-11-5-6-12(18-3)13(7-11)19-4/h5-7,10H,8-9H2,1-4H3. The van der Waals surface area contributed by atoms with E-state index in [1.165, 1.54) is 0 Å². The van der Waals surface area contributed by atoms with E-state index in [0.29, 0.717) is 18.0 Å². The Morgan fingerprint density at radius 2 is 1.89 bits per heavy atom. The fraction of sp³-hybridized carbons (Fsp3) is 0.500. The maximum atomic E-state index is 11.8. The van der Waals surface area contributed by atoms with Crippen LogP contribution in [0.15, 0.2) is 18.2 Å². The molecule has 5 heteroatoms. The van der Waals surface area contributed by atoms with Gasteiger partial charge in [-0.25, -0.2) is 0 Å². The highest BCUT2D eigenvalue weighted by molar-refractivity contribution is 6.27. The number of ether oxygens (including phenoxy) is 2. The van der Waals surface area contributed by atoms with E-state index in [9.17, 15) is 4.79 Å². The number of alkyl halides is 1. The van der Waals surface area contributed by atoms with Crippen LogP contribution in [-0.4, -0.2) is 36.9 Å². The van der Waals surface area contributed by atoms with Crippen molar-refractivity contribution in [2.24, 2.45) is 0 Å². The molecule has 0 saturated carbocycles. The smallest absolute Gasteiger partial charge is 0.238 e. The first kappa shape index (κ1) is 15.6. The first-order valence-corrected chi connectivity index (χ1v) is 6.63. The van der Waals surface area contributed by atoms with Gasteiger partial charge in [0.05, 0.1) is 14.2 Å². The summed E-state index contributed by atoms with van der Waals surface area (Å²) in [5.41, 5.74) is 0.977. The lowest BCUT2D eigenvalue weighted by atomic mass is 10.1. The second kappa shape index (κ2) is 7.24. The largest absolute Gasteiger partial charge is 0.493 e. The summed E-state index contributed by atoms with van der Waals surface area (Å²) in [5.74, 6) is 1.24. The SMILES string of the molecule is COc1ccc(CN(C(=O)CCl)C(C)C)cc1OC. The molecule has 0 aliphatic rings. The average molecular weight is 286 g/mol. The number of nitrogens with zero attached hydrogens (tertiary/aromatic N) is 1. The summed E-state index contributed by atoms with van der Waals surface area (Å²) < 4.78 is 10.4. The fourth-order valence-electron chi connectivity index (χ4n) is 1.81. The predicted octanol–water partition coefficient (Wildman–Crippen LogP) is 2.68. The van der Waals surface area contributed by atoms with Crippen LogP contribution in [0.1, 0.15) is 19.4 Å². The minimum atomic E-state index is -0.0774. The number of carbonyl (C=O) groups is 1. The minimum Gasteiger partial charge on any atom is -0.493 e. The van der Waals surface area contributed by atoms with Gasteiger partial charge in [0.15, 0.2) is 11.5 Å². The van der Waals surface area contributed by atoms with Gasteiger partial charge in [0.2, 0.25) is 5.91 Å². The van der Waals surface area contributed by atoms with Gasteiger partial charge in [0.1, 0.15) is 5.88 Å². The molecule has 1 aromatic rings. The molecule has 0 spiro atoms. The first-order valence-electron chi connectivity index (χ1n) is 6.09. The Morgan fingerprint density at radius 3 is 2.37 bits per heavy atom. The third-order valence-corrected chi connectivity index (χ3v) is 3.09. The number of benzene rings is 1. The Balaban J connectivity index is 2.94. The Kier molecular flexibility index (Phi) is 5.96. The highest BCUT2D eigenvalue weighted by atomic mass is 35.5. The molecule has 0 unspecified atom stereocenters. The number of hydrogen-bond donors (Lipinski definition) is 0. The number of carbonyl (C=O) groups excluding carboxylic acids is 1. The summed E-state index contributed by atoms with van der Waals surface area (Å²) in [6.45, 7) is 4.43. The molecule has 0 bridgehead atoms. The number of amides is 1. The van der Waals surface area contributed by atoms with E-state index in [4.69, 9.17) is 21.1 Å². The topological polar surface area (TPSA) is 38.8 Å². The van der Waals surface area contributed by atoms with Crippen molar-refractivity contribution in [3.05, 3.63) is 23.8 Å². The van der Waals surface area contributed by atoms with Crippen molar-refractivity contribution in [1.29, 1.82) is 0 Å². The van der Waals surface area contributed by atoms with Crippen LogP contribution in [0.25, 0.3) is 0 Å². The molecule has 0 atom stereocenters. The molecule has 106 valence electrons.